The topological polar surface area (TPSA) is 38.8 Å². The average Bonchev–Trinajstić information content (AvgIpc) is 2.28. The van der Waals surface area contributed by atoms with E-state index in [0.29, 0.717) is 13.0 Å². The van der Waals surface area contributed by atoms with Crippen molar-refractivity contribution in [3.63, 3.8) is 0 Å². The molecule has 0 spiro atoms. The van der Waals surface area contributed by atoms with Gasteiger partial charge in [-0.05, 0) is 6.42 Å². The van der Waals surface area contributed by atoms with Crippen LogP contribution in [0.15, 0.2) is 0 Å². The summed E-state index contributed by atoms with van der Waals surface area (Å²) in [6.07, 6.45) is -3.11. The van der Waals surface area contributed by atoms with Gasteiger partial charge >= 0.3 is 6.18 Å². The lowest BCUT2D eigenvalue weighted by atomic mass is 10.3. The van der Waals surface area contributed by atoms with Gasteiger partial charge in [0.25, 0.3) is 0 Å². The Balaban J connectivity index is 4.14. The van der Waals surface area contributed by atoms with Crippen molar-refractivity contribution in [3.05, 3.63) is 0 Å². The SMILES string of the molecule is CCCCN(CC(F)(F)F)C(=O)COCCOC. The van der Waals surface area contributed by atoms with Crippen LogP contribution >= 0.6 is 0 Å². The third kappa shape index (κ3) is 9.23. The third-order valence-corrected chi connectivity index (χ3v) is 2.16. The van der Waals surface area contributed by atoms with Crippen molar-refractivity contribution < 1.29 is 27.4 Å². The summed E-state index contributed by atoms with van der Waals surface area (Å²) in [5.41, 5.74) is 0. The van der Waals surface area contributed by atoms with Crippen molar-refractivity contribution in [1.82, 2.24) is 4.90 Å². The molecule has 0 saturated carbocycles. The molecule has 0 saturated heterocycles. The fraction of sp³-hybridized carbons (Fsp3) is 0.909. The number of nitrogens with zero attached hydrogens (tertiary/aromatic N) is 1. The highest BCUT2D eigenvalue weighted by Crippen LogP contribution is 2.17. The van der Waals surface area contributed by atoms with Gasteiger partial charge in [-0.15, -0.1) is 0 Å². The van der Waals surface area contributed by atoms with Crippen molar-refractivity contribution in [2.45, 2.75) is 25.9 Å². The molecule has 0 aromatic carbocycles. The second-order valence-electron chi connectivity index (χ2n) is 3.83. The normalized spacial score (nSPS) is 11.6. The number of carbonyl (C=O) groups excluding carboxylic acids is 1. The zero-order valence-corrected chi connectivity index (χ0v) is 10.8. The van der Waals surface area contributed by atoms with Gasteiger partial charge in [-0.25, -0.2) is 0 Å². The molecule has 0 rings (SSSR count). The molecule has 18 heavy (non-hydrogen) atoms. The van der Waals surface area contributed by atoms with Crippen molar-refractivity contribution in [1.29, 1.82) is 0 Å². The van der Waals surface area contributed by atoms with Gasteiger partial charge in [0.15, 0.2) is 0 Å². The maximum absolute atomic E-state index is 12.3. The molecular formula is C11H20F3NO3. The zero-order chi connectivity index (χ0) is 14.0. The summed E-state index contributed by atoms with van der Waals surface area (Å²) < 4.78 is 46.5. The first-order chi connectivity index (χ1) is 8.40. The molecule has 0 N–H and O–H groups in total. The predicted molar refractivity (Wildman–Crippen MR) is 60.2 cm³/mol. The smallest absolute Gasteiger partial charge is 0.382 e. The van der Waals surface area contributed by atoms with Crippen LogP contribution < -0.4 is 0 Å². The number of halogens is 3. The van der Waals surface area contributed by atoms with Gasteiger partial charge in [0.2, 0.25) is 5.91 Å². The highest BCUT2D eigenvalue weighted by Gasteiger charge is 2.32. The molecule has 0 aliphatic carbocycles. The lowest BCUT2D eigenvalue weighted by Crippen LogP contribution is -2.41. The van der Waals surface area contributed by atoms with E-state index in [0.717, 1.165) is 11.3 Å². The Morgan fingerprint density at radius 3 is 2.44 bits per heavy atom. The maximum Gasteiger partial charge on any atom is 0.406 e. The molecule has 108 valence electrons. The van der Waals surface area contributed by atoms with Gasteiger partial charge in [-0.3, -0.25) is 4.79 Å². The average molecular weight is 271 g/mol. The van der Waals surface area contributed by atoms with Crippen LogP contribution in [0.2, 0.25) is 0 Å². The molecule has 0 bridgehead atoms. The second kappa shape index (κ2) is 9.16. The molecule has 4 nitrogen and oxygen atoms in total. The van der Waals surface area contributed by atoms with Crippen molar-refractivity contribution >= 4 is 5.91 Å². The molecule has 0 aromatic rings. The Labute approximate surface area is 105 Å². The van der Waals surface area contributed by atoms with Gasteiger partial charge in [-0.2, -0.15) is 13.2 Å². The summed E-state index contributed by atoms with van der Waals surface area (Å²) in [6, 6.07) is 0. The van der Waals surface area contributed by atoms with E-state index < -0.39 is 18.6 Å². The quantitative estimate of drug-likeness (QED) is 0.601. The van der Waals surface area contributed by atoms with Crippen LogP contribution in [0.3, 0.4) is 0 Å². The molecule has 0 unspecified atom stereocenters. The van der Waals surface area contributed by atoms with E-state index in [1.807, 2.05) is 6.92 Å². The Hall–Kier alpha value is -0.820. The number of hydrogen-bond donors (Lipinski definition) is 0. The summed E-state index contributed by atoms with van der Waals surface area (Å²) in [4.78, 5) is 12.3. The van der Waals surface area contributed by atoms with Crippen LogP contribution in [0, 0.1) is 0 Å². The summed E-state index contributed by atoms with van der Waals surface area (Å²) in [5.74, 6) is -0.642. The van der Waals surface area contributed by atoms with E-state index in [4.69, 9.17) is 9.47 Å². The van der Waals surface area contributed by atoms with Crippen molar-refractivity contribution in [2.24, 2.45) is 0 Å². The molecule has 1 amide bonds. The standard InChI is InChI=1S/C11H20F3NO3/c1-3-4-5-15(9-11(12,13)14)10(16)8-18-7-6-17-2/h3-9H2,1-2H3. The molecule has 7 heteroatoms. The maximum atomic E-state index is 12.3. The van der Waals surface area contributed by atoms with Crippen molar-refractivity contribution in [2.75, 3.05) is 40.0 Å². The highest BCUT2D eigenvalue weighted by molar-refractivity contribution is 5.77. The number of carbonyl (C=O) groups is 1. The van der Waals surface area contributed by atoms with Gasteiger partial charge in [0.05, 0.1) is 13.2 Å². The number of hydrogen-bond acceptors (Lipinski definition) is 3. The molecule has 0 radical (unpaired) electrons. The van der Waals surface area contributed by atoms with E-state index in [2.05, 4.69) is 0 Å². The number of amides is 1. The summed E-state index contributed by atoms with van der Waals surface area (Å²) in [6.45, 7) is 0.883. The first kappa shape index (κ1) is 17.2. The third-order valence-electron chi connectivity index (χ3n) is 2.16. The Morgan fingerprint density at radius 2 is 1.94 bits per heavy atom. The fourth-order valence-electron chi connectivity index (χ4n) is 1.25. The van der Waals surface area contributed by atoms with Crippen LogP contribution in [0.5, 0.6) is 0 Å². The minimum Gasteiger partial charge on any atom is -0.382 e. The van der Waals surface area contributed by atoms with Crippen LogP contribution in [0.25, 0.3) is 0 Å². The minimum absolute atomic E-state index is 0.0997. The Kier molecular flexibility index (Phi) is 8.74. The monoisotopic (exact) mass is 271 g/mol. The molecule has 0 aromatic heterocycles. The minimum atomic E-state index is -4.38. The van der Waals surface area contributed by atoms with E-state index in [1.54, 1.807) is 0 Å². The molecule has 0 aliphatic rings. The Bertz CT molecular complexity index is 234. The largest absolute Gasteiger partial charge is 0.406 e. The number of unbranched alkanes of at least 4 members (excludes halogenated alkanes) is 1. The first-order valence-corrected chi connectivity index (χ1v) is 5.82. The molecule has 0 heterocycles. The van der Waals surface area contributed by atoms with Crippen LogP contribution in [0.4, 0.5) is 13.2 Å². The number of rotatable bonds is 9. The van der Waals surface area contributed by atoms with Gasteiger partial charge in [0.1, 0.15) is 13.2 Å². The van der Waals surface area contributed by atoms with E-state index in [9.17, 15) is 18.0 Å². The Morgan fingerprint density at radius 1 is 1.28 bits per heavy atom. The lowest BCUT2D eigenvalue weighted by Gasteiger charge is -2.23. The van der Waals surface area contributed by atoms with Crippen molar-refractivity contribution in [3.8, 4) is 0 Å². The van der Waals surface area contributed by atoms with Crippen LogP contribution in [0.1, 0.15) is 19.8 Å². The molecular weight excluding hydrogens is 251 g/mol. The first-order valence-electron chi connectivity index (χ1n) is 5.82. The second-order valence-corrected chi connectivity index (χ2v) is 3.83. The molecule has 0 atom stereocenters. The predicted octanol–water partition coefficient (Wildman–Crippen LogP) is 1.84. The number of methoxy groups -OCH3 is 1. The number of alkyl halides is 3. The summed E-state index contributed by atoms with van der Waals surface area (Å²) in [7, 11) is 1.47. The molecule has 0 aliphatic heterocycles. The number of ether oxygens (including phenoxy) is 2. The summed E-state index contributed by atoms with van der Waals surface area (Å²) >= 11 is 0. The van der Waals surface area contributed by atoms with Gasteiger partial charge in [0, 0.05) is 13.7 Å². The fourth-order valence-corrected chi connectivity index (χ4v) is 1.25. The van der Waals surface area contributed by atoms with E-state index in [-0.39, 0.29) is 19.8 Å². The van der Waals surface area contributed by atoms with E-state index >= 15 is 0 Å². The van der Waals surface area contributed by atoms with Crippen LogP contribution in [-0.4, -0.2) is 57.0 Å². The molecule has 0 fully saturated rings. The van der Waals surface area contributed by atoms with Gasteiger partial charge in [-0.1, -0.05) is 13.3 Å². The lowest BCUT2D eigenvalue weighted by molar-refractivity contribution is -0.164. The van der Waals surface area contributed by atoms with E-state index in [1.165, 1.54) is 7.11 Å². The summed E-state index contributed by atoms with van der Waals surface area (Å²) in [5, 5.41) is 0. The highest BCUT2D eigenvalue weighted by atomic mass is 19.4. The van der Waals surface area contributed by atoms with Crippen LogP contribution in [-0.2, 0) is 14.3 Å². The zero-order valence-electron chi connectivity index (χ0n) is 10.8. The van der Waals surface area contributed by atoms with Gasteiger partial charge < -0.3 is 14.4 Å².